The number of H-pyrrole nitrogens is 1. The molecule has 3 aromatic rings. The number of aryl methyl sites for hydroxylation is 2. The van der Waals surface area contributed by atoms with Crippen LogP contribution in [0.15, 0.2) is 29.3 Å². The molecule has 5 heteroatoms. The molecule has 2 aromatic heterocycles. The zero-order valence-corrected chi connectivity index (χ0v) is 15.9. The van der Waals surface area contributed by atoms with Gasteiger partial charge in [-0.2, -0.15) is 5.10 Å². The van der Waals surface area contributed by atoms with Gasteiger partial charge in [0.25, 0.3) is 0 Å². The van der Waals surface area contributed by atoms with E-state index in [0.29, 0.717) is 0 Å². The quantitative estimate of drug-likeness (QED) is 0.617. The summed E-state index contributed by atoms with van der Waals surface area (Å²) in [4.78, 5) is 5.82. The molecule has 24 heavy (non-hydrogen) atoms. The molecule has 0 bridgehead atoms. The van der Waals surface area contributed by atoms with Crippen LogP contribution in [0, 0.1) is 20.8 Å². The third-order valence-electron chi connectivity index (χ3n) is 3.96. The van der Waals surface area contributed by atoms with E-state index in [9.17, 15) is 0 Å². The first-order valence-electron chi connectivity index (χ1n) is 8.11. The average molecular weight is 340 g/mol. The van der Waals surface area contributed by atoms with Crippen LogP contribution in [0.25, 0.3) is 10.9 Å². The van der Waals surface area contributed by atoms with Crippen molar-refractivity contribution in [2.75, 3.05) is 5.32 Å². The summed E-state index contributed by atoms with van der Waals surface area (Å²) in [6.07, 6.45) is 1.84. The van der Waals surface area contributed by atoms with E-state index in [0.717, 1.165) is 33.7 Å². The van der Waals surface area contributed by atoms with Gasteiger partial charge in [0.2, 0.25) is 0 Å². The predicted octanol–water partition coefficient (Wildman–Crippen LogP) is 5.52. The third-order valence-corrected chi connectivity index (χ3v) is 5.23. The topological polar surface area (TPSA) is 53.6 Å². The molecule has 0 fully saturated rings. The number of fused-ring (bicyclic) bond motifs is 1. The van der Waals surface area contributed by atoms with Gasteiger partial charge < -0.3 is 5.32 Å². The number of aromatic amines is 1. The van der Waals surface area contributed by atoms with Crippen molar-refractivity contribution in [1.29, 1.82) is 0 Å². The average Bonchev–Trinajstić information content (AvgIpc) is 2.79. The minimum absolute atomic E-state index is 0.171. The number of aromatic nitrogens is 3. The Morgan fingerprint density at radius 2 is 1.88 bits per heavy atom. The molecule has 0 radical (unpaired) electrons. The van der Waals surface area contributed by atoms with Crippen LogP contribution < -0.4 is 5.32 Å². The van der Waals surface area contributed by atoms with E-state index in [1.54, 1.807) is 0 Å². The standard InChI is InChI=1S/C19H24N4S/c1-11-9-16-14(10-17(11)24-19(4,5)6)15(7-8-20-16)21-18-12(2)13(3)22-23-18/h7-10H,1-6H3,(H2,20,21,22,23). The van der Waals surface area contributed by atoms with Crippen LogP contribution in [0.1, 0.15) is 37.6 Å². The van der Waals surface area contributed by atoms with Crippen molar-refractivity contribution in [2.24, 2.45) is 0 Å². The van der Waals surface area contributed by atoms with Crippen molar-refractivity contribution in [2.45, 2.75) is 51.2 Å². The maximum absolute atomic E-state index is 4.53. The van der Waals surface area contributed by atoms with E-state index < -0.39 is 0 Å². The van der Waals surface area contributed by atoms with Crippen LogP contribution >= 0.6 is 11.8 Å². The number of nitrogens with one attached hydrogen (secondary N) is 2. The number of pyridine rings is 1. The van der Waals surface area contributed by atoms with E-state index in [1.165, 1.54) is 10.5 Å². The number of thioether (sulfide) groups is 1. The summed E-state index contributed by atoms with van der Waals surface area (Å²) in [6, 6.07) is 6.41. The number of nitrogens with zero attached hydrogens (tertiary/aromatic N) is 2. The predicted molar refractivity (Wildman–Crippen MR) is 103 cm³/mol. The Bertz CT molecular complexity index is 890. The third kappa shape index (κ3) is 3.41. The fourth-order valence-electron chi connectivity index (χ4n) is 2.56. The largest absolute Gasteiger partial charge is 0.338 e. The molecule has 4 nitrogen and oxygen atoms in total. The molecule has 2 N–H and O–H groups in total. The summed E-state index contributed by atoms with van der Waals surface area (Å²) >= 11 is 1.89. The lowest BCUT2D eigenvalue weighted by Crippen LogP contribution is -2.07. The second kappa shape index (κ2) is 6.13. The van der Waals surface area contributed by atoms with Gasteiger partial charge in [-0.25, -0.2) is 0 Å². The van der Waals surface area contributed by atoms with Gasteiger partial charge in [0.15, 0.2) is 5.82 Å². The molecule has 1 aromatic carbocycles. The molecule has 3 rings (SSSR count). The molecule has 0 saturated heterocycles. The van der Waals surface area contributed by atoms with Crippen molar-refractivity contribution in [3.8, 4) is 0 Å². The Labute approximate surface area is 147 Å². The fraction of sp³-hybridized carbons (Fsp3) is 0.368. The molecule has 0 unspecified atom stereocenters. The second-order valence-corrected chi connectivity index (χ2v) is 9.02. The highest BCUT2D eigenvalue weighted by Gasteiger charge is 2.16. The monoisotopic (exact) mass is 340 g/mol. The van der Waals surface area contributed by atoms with Crippen molar-refractivity contribution in [3.05, 3.63) is 41.2 Å². The summed E-state index contributed by atoms with van der Waals surface area (Å²) in [6.45, 7) is 12.9. The second-order valence-electron chi connectivity index (χ2n) is 7.16. The number of rotatable bonds is 3. The lowest BCUT2D eigenvalue weighted by molar-refractivity contribution is 0.802. The maximum atomic E-state index is 4.53. The van der Waals surface area contributed by atoms with Crippen LogP contribution in [0.4, 0.5) is 11.5 Å². The molecule has 0 saturated carbocycles. The fourth-order valence-corrected chi connectivity index (χ4v) is 3.62. The van der Waals surface area contributed by atoms with Gasteiger partial charge in [-0.15, -0.1) is 11.8 Å². The van der Waals surface area contributed by atoms with E-state index in [4.69, 9.17) is 0 Å². The first-order chi connectivity index (χ1) is 11.2. The number of hydrogen-bond donors (Lipinski definition) is 2. The minimum atomic E-state index is 0.171. The first kappa shape index (κ1) is 16.8. The van der Waals surface area contributed by atoms with Crippen LogP contribution in [-0.4, -0.2) is 19.9 Å². The maximum Gasteiger partial charge on any atom is 0.155 e. The van der Waals surface area contributed by atoms with E-state index >= 15 is 0 Å². The smallest absolute Gasteiger partial charge is 0.155 e. The summed E-state index contributed by atoms with van der Waals surface area (Å²) in [5.41, 5.74) is 5.51. The van der Waals surface area contributed by atoms with Gasteiger partial charge in [-0.3, -0.25) is 10.1 Å². The van der Waals surface area contributed by atoms with Gasteiger partial charge in [0.05, 0.1) is 11.2 Å². The summed E-state index contributed by atoms with van der Waals surface area (Å²) in [5.74, 6) is 0.866. The molecule has 0 spiro atoms. The molecular formula is C19H24N4S. The Kier molecular flexibility index (Phi) is 4.30. The normalized spacial score (nSPS) is 11.9. The van der Waals surface area contributed by atoms with Gasteiger partial charge in [0.1, 0.15) is 0 Å². The van der Waals surface area contributed by atoms with Crippen molar-refractivity contribution < 1.29 is 0 Å². The lowest BCUT2D eigenvalue weighted by Gasteiger charge is -2.20. The van der Waals surface area contributed by atoms with Gasteiger partial charge in [-0.1, -0.05) is 20.8 Å². The van der Waals surface area contributed by atoms with Crippen LogP contribution in [-0.2, 0) is 0 Å². The van der Waals surface area contributed by atoms with Crippen molar-refractivity contribution in [3.63, 3.8) is 0 Å². The Morgan fingerprint density at radius 1 is 1.12 bits per heavy atom. The minimum Gasteiger partial charge on any atom is -0.338 e. The van der Waals surface area contributed by atoms with Gasteiger partial charge in [0, 0.05) is 32.5 Å². The molecular weight excluding hydrogens is 316 g/mol. The van der Waals surface area contributed by atoms with Crippen LogP contribution in [0.2, 0.25) is 0 Å². The lowest BCUT2D eigenvalue weighted by atomic mass is 10.1. The number of benzene rings is 1. The van der Waals surface area contributed by atoms with Crippen molar-refractivity contribution in [1.82, 2.24) is 15.2 Å². The van der Waals surface area contributed by atoms with Gasteiger partial charge in [-0.05, 0) is 44.5 Å². The molecule has 0 aliphatic rings. The highest BCUT2D eigenvalue weighted by atomic mass is 32.2. The van der Waals surface area contributed by atoms with E-state index in [1.807, 2.05) is 30.9 Å². The van der Waals surface area contributed by atoms with Crippen LogP contribution in [0.5, 0.6) is 0 Å². The molecule has 0 amide bonds. The zero-order chi connectivity index (χ0) is 17.5. The molecule has 0 atom stereocenters. The number of hydrogen-bond acceptors (Lipinski definition) is 4. The Hall–Kier alpha value is -2.01. The highest BCUT2D eigenvalue weighted by molar-refractivity contribution is 8.00. The highest BCUT2D eigenvalue weighted by Crippen LogP contribution is 2.37. The van der Waals surface area contributed by atoms with E-state index in [-0.39, 0.29) is 4.75 Å². The molecule has 0 aliphatic heterocycles. The Morgan fingerprint density at radius 3 is 2.50 bits per heavy atom. The summed E-state index contributed by atoms with van der Waals surface area (Å²) in [7, 11) is 0. The van der Waals surface area contributed by atoms with E-state index in [2.05, 4.69) is 67.2 Å². The molecule has 126 valence electrons. The van der Waals surface area contributed by atoms with Crippen LogP contribution in [0.3, 0.4) is 0 Å². The SMILES string of the molecule is Cc1cc2nccc(Nc3n[nH]c(C)c3C)c2cc1SC(C)(C)C. The van der Waals surface area contributed by atoms with Gasteiger partial charge >= 0.3 is 0 Å². The number of anilines is 2. The summed E-state index contributed by atoms with van der Waals surface area (Å²) < 4.78 is 0.171. The zero-order valence-electron chi connectivity index (χ0n) is 15.1. The van der Waals surface area contributed by atoms with Crippen molar-refractivity contribution >= 4 is 34.2 Å². The Balaban J connectivity index is 2.08. The first-order valence-corrected chi connectivity index (χ1v) is 8.93. The molecule has 2 heterocycles. The molecule has 0 aliphatic carbocycles. The summed E-state index contributed by atoms with van der Waals surface area (Å²) in [5, 5.41) is 12.0.